The second-order valence-corrected chi connectivity index (χ2v) is 6.18. The van der Waals surface area contributed by atoms with E-state index in [0.29, 0.717) is 28.8 Å². The number of halogens is 2. The van der Waals surface area contributed by atoms with Gasteiger partial charge in [0, 0.05) is 17.9 Å². The van der Waals surface area contributed by atoms with Crippen molar-refractivity contribution in [3.8, 4) is 0 Å². The van der Waals surface area contributed by atoms with Crippen LogP contribution in [0.25, 0.3) is 0 Å². The Kier molecular flexibility index (Phi) is 5.55. The summed E-state index contributed by atoms with van der Waals surface area (Å²) >= 11 is 5.71. The van der Waals surface area contributed by atoms with Crippen LogP contribution in [0.4, 0.5) is 4.39 Å². The van der Waals surface area contributed by atoms with Crippen LogP contribution < -0.4 is 5.32 Å². The molecule has 4 heteroatoms. The van der Waals surface area contributed by atoms with Crippen LogP contribution in [-0.4, -0.2) is 18.9 Å². The Labute approximate surface area is 124 Å². The molecule has 0 aliphatic carbocycles. The molecule has 0 saturated carbocycles. The number of carbonyl (C=O) groups excluding carboxylic acids is 1. The third-order valence-electron chi connectivity index (χ3n) is 4.09. The summed E-state index contributed by atoms with van der Waals surface area (Å²) in [5.41, 5.74) is 0.438. The number of piperidine rings is 1. The standard InChI is InChI=1S/C16H21ClFNO/c1-11(13-3-2-6-19-10-13)7-15(20)8-12-4-5-14(17)9-16(12)18/h4-5,9,11,13,19H,2-3,6-8,10H2,1H3. The van der Waals surface area contributed by atoms with Crippen molar-refractivity contribution in [1.29, 1.82) is 0 Å². The molecule has 2 nitrogen and oxygen atoms in total. The van der Waals surface area contributed by atoms with Crippen LogP contribution in [0.15, 0.2) is 18.2 Å². The van der Waals surface area contributed by atoms with Crippen LogP contribution in [0.5, 0.6) is 0 Å². The molecule has 1 heterocycles. The summed E-state index contributed by atoms with van der Waals surface area (Å²) in [7, 11) is 0. The van der Waals surface area contributed by atoms with Crippen LogP contribution in [0.1, 0.15) is 31.7 Å². The van der Waals surface area contributed by atoms with Gasteiger partial charge in [0.1, 0.15) is 11.6 Å². The molecule has 1 saturated heterocycles. The van der Waals surface area contributed by atoms with Gasteiger partial charge in [-0.2, -0.15) is 0 Å². The van der Waals surface area contributed by atoms with Crippen molar-refractivity contribution in [2.75, 3.05) is 13.1 Å². The van der Waals surface area contributed by atoms with E-state index in [1.54, 1.807) is 12.1 Å². The minimum atomic E-state index is -0.391. The number of carbonyl (C=O) groups is 1. The molecule has 0 spiro atoms. The Morgan fingerprint density at radius 2 is 2.35 bits per heavy atom. The van der Waals surface area contributed by atoms with E-state index in [1.165, 1.54) is 18.9 Å². The number of ketones is 1. The van der Waals surface area contributed by atoms with E-state index in [4.69, 9.17) is 11.6 Å². The highest BCUT2D eigenvalue weighted by Gasteiger charge is 2.22. The van der Waals surface area contributed by atoms with Crippen molar-refractivity contribution in [2.24, 2.45) is 11.8 Å². The third kappa shape index (κ3) is 4.29. The predicted molar refractivity (Wildman–Crippen MR) is 79.5 cm³/mol. The molecule has 1 aliphatic heterocycles. The lowest BCUT2D eigenvalue weighted by Gasteiger charge is -2.28. The van der Waals surface area contributed by atoms with Crippen LogP contribution in [0, 0.1) is 17.7 Å². The molecule has 1 aliphatic rings. The topological polar surface area (TPSA) is 29.1 Å². The lowest BCUT2D eigenvalue weighted by molar-refractivity contribution is -0.119. The third-order valence-corrected chi connectivity index (χ3v) is 4.33. The number of rotatable bonds is 5. The van der Waals surface area contributed by atoms with Crippen molar-refractivity contribution < 1.29 is 9.18 Å². The normalized spacial score (nSPS) is 20.6. The first-order chi connectivity index (χ1) is 9.56. The molecule has 1 aromatic rings. The molecule has 0 aromatic heterocycles. The molecule has 2 rings (SSSR count). The zero-order valence-corrected chi connectivity index (χ0v) is 12.5. The Bertz CT molecular complexity index is 472. The fraction of sp³-hybridized carbons (Fsp3) is 0.562. The predicted octanol–water partition coefficient (Wildman–Crippen LogP) is 3.62. The molecule has 2 unspecified atom stereocenters. The number of hydrogen-bond acceptors (Lipinski definition) is 2. The van der Waals surface area contributed by atoms with Crippen molar-refractivity contribution >= 4 is 17.4 Å². The molecule has 1 N–H and O–H groups in total. The molecule has 0 radical (unpaired) electrons. The highest BCUT2D eigenvalue weighted by atomic mass is 35.5. The Balaban J connectivity index is 1.88. The molecule has 20 heavy (non-hydrogen) atoms. The van der Waals surface area contributed by atoms with Gasteiger partial charge < -0.3 is 5.32 Å². The fourth-order valence-corrected chi connectivity index (χ4v) is 3.00. The monoisotopic (exact) mass is 297 g/mol. The van der Waals surface area contributed by atoms with Gasteiger partial charge >= 0.3 is 0 Å². The van der Waals surface area contributed by atoms with E-state index in [1.807, 2.05) is 0 Å². The van der Waals surface area contributed by atoms with E-state index < -0.39 is 5.82 Å². The van der Waals surface area contributed by atoms with E-state index in [2.05, 4.69) is 12.2 Å². The minimum absolute atomic E-state index is 0.101. The van der Waals surface area contributed by atoms with Crippen LogP contribution >= 0.6 is 11.6 Å². The maximum absolute atomic E-state index is 13.7. The summed E-state index contributed by atoms with van der Waals surface area (Å²) in [6, 6.07) is 4.49. The first-order valence-corrected chi connectivity index (χ1v) is 7.60. The molecule has 0 bridgehead atoms. The highest BCUT2D eigenvalue weighted by molar-refractivity contribution is 6.30. The molecule has 1 fully saturated rings. The highest BCUT2D eigenvalue weighted by Crippen LogP contribution is 2.24. The molecule has 2 atom stereocenters. The van der Waals surface area contributed by atoms with Gasteiger partial charge in [-0.1, -0.05) is 24.6 Å². The first kappa shape index (κ1) is 15.5. The minimum Gasteiger partial charge on any atom is -0.316 e. The molecule has 110 valence electrons. The van der Waals surface area contributed by atoms with Crippen LogP contribution in [0.3, 0.4) is 0 Å². The largest absolute Gasteiger partial charge is 0.316 e. The van der Waals surface area contributed by atoms with E-state index in [9.17, 15) is 9.18 Å². The van der Waals surface area contributed by atoms with Gasteiger partial charge in [0.05, 0.1) is 0 Å². The summed E-state index contributed by atoms with van der Waals surface area (Å²) in [5.74, 6) is 0.621. The van der Waals surface area contributed by atoms with Gasteiger partial charge in [-0.25, -0.2) is 4.39 Å². The maximum atomic E-state index is 13.7. The maximum Gasteiger partial charge on any atom is 0.137 e. The first-order valence-electron chi connectivity index (χ1n) is 7.22. The van der Waals surface area contributed by atoms with E-state index in [-0.39, 0.29) is 12.2 Å². The van der Waals surface area contributed by atoms with Crippen molar-refractivity contribution in [1.82, 2.24) is 5.32 Å². The van der Waals surface area contributed by atoms with Crippen LogP contribution in [0.2, 0.25) is 5.02 Å². The summed E-state index contributed by atoms with van der Waals surface area (Å²) in [5, 5.41) is 3.73. The van der Waals surface area contributed by atoms with Gasteiger partial charge in [-0.3, -0.25) is 4.79 Å². The van der Waals surface area contributed by atoms with Gasteiger partial charge in [0.15, 0.2) is 0 Å². The average molecular weight is 298 g/mol. The van der Waals surface area contributed by atoms with Crippen molar-refractivity contribution in [3.63, 3.8) is 0 Å². The molecule has 0 amide bonds. The number of hydrogen-bond donors (Lipinski definition) is 1. The van der Waals surface area contributed by atoms with Gasteiger partial charge in [0.25, 0.3) is 0 Å². The smallest absolute Gasteiger partial charge is 0.137 e. The van der Waals surface area contributed by atoms with E-state index in [0.717, 1.165) is 13.1 Å². The van der Waals surface area contributed by atoms with E-state index >= 15 is 0 Å². The molecular weight excluding hydrogens is 277 g/mol. The van der Waals surface area contributed by atoms with Crippen LogP contribution in [-0.2, 0) is 11.2 Å². The lowest BCUT2D eigenvalue weighted by atomic mass is 9.83. The second kappa shape index (κ2) is 7.19. The number of nitrogens with one attached hydrogen (secondary N) is 1. The van der Waals surface area contributed by atoms with Crippen molar-refractivity contribution in [3.05, 3.63) is 34.6 Å². The Morgan fingerprint density at radius 1 is 1.55 bits per heavy atom. The Hall–Kier alpha value is -0.930. The second-order valence-electron chi connectivity index (χ2n) is 5.74. The van der Waals surface area contributed by atoms with Gasteiger partial charge in [-0.15, -0.1) is 0 Å². The summed E-state index contributed by atoms with van der Waals surface area (Å²) in [6.45, 7) is 4.19. The Morgan fingerprint density at radius 3 is 3.00 bits per heavy atom. The fourth-order valence-electron chi connectivity index (χ4n) is 2.84. The zero-order chi connectivity index (χ0) is 14.5. The number of Topliss-reactive ketones (excluding diaryl/α,β-unsaturated/α-hetero) is 1. The zero-order valence-electron chi connectivity index (χ0n) is 11.8. The summed E-state index contributed by atoms with van der Waals surface area (Å²) < 4.78 is 13.7. The van der Waals surface area contributed by atoms with Gasteiger partial charge in [-0.05, 0) is 55.5 Å². The van der Waals surface area contributed by atoms with Crippen molar-refractivity contribution in [2.45, 2.75) is 32.6 Å². The van der Waals surface area contributed by atoms with Gasteiger partial charge in [0.2, 0.25) is 0 Å². The quantitative estimate of drug-likeness (QED) is 0.899. The molecule has 1 aromatic carbocycles. The average Bonchev–Trinajstić information content (AvgIpc) is 2.43. The lowest BCUT2D eigenvalue weighted by Crippen LogP contribution is -2.34. The number of benzene rings is 1. The summed E-state index contributed by atoms with van der Waals surface area (Å²) in [4.78, 5) is 12.1. The SMILES string of the molecule is CC(CC(=O)Cc1ccc(Cl)cc1F)C1CCCNC1. The summed E-state index contributed by atoms with van der Waals surface area (Å²) in [6.07, 6.45) is 3.04. The molecular formula is C16H21ClFNO.